The van der Waals surface area contributed by atoms with Crippen molar-refractivity contribution >= 4 is 22.7 Å². The smallest absolute Gasteiger partial charge is 0.230 e. The Morgan fingerprint density at radius 1 is 1.09 bits per heavy atom. The lowest BCUT2D eigenvalue weighted by atomic mass is 10.0. The fourth-order valence-corrected chi connectivity index (χ4v) is 4.35. The summed E-state index contributed by atoms with van der Waals surface area (Å²) in [7, 11) is 3.24. The summed E-state index contributed by atoms with van der Waals surface area (Å²) in [5.74, 6) is 1.94. The number of carbonyl (C=O) groups excluding carboxylic acids is 1. The van der Waals surface area contributed by atoms with Gasteiger partial charge >= 0.3 is 0 Å². The van der Waals surface area contributed by atoms with Gasteiger partial charge in [-0.3, -0.25) is 4.79 Å². The third kappa shape index (κ3) is 3.82. The number of aryl methyl sites for hydroxylation is 2. The Bertz CT molecular complexity index is 1290. The second kappa shape index (κ2) is 8.42. The van der Waals surface area contributed by atoms with Gasteiger partial charge in [0.2, 0.25) is 5.91 Å². The quantitative estimate of drug-likeness (QED) is 0.470. The Kier molecular flexibility index (Phi) is 5.31. The molecule has 0 aliphatic heterocycles. The molecule has 5 rings (SSSR count). The molecule has 0 radical (unpaired) electrons. The van der Waals surface area contributed by atoms with Crippen LogP contribution in [0.15, 0.2) is 53.3 Å². The van der Waals surface area contributed by atoms with Crippen molar-refractivity contribution in [2.75, 3.05) is 19.5 Å². The number of hydrogen-bond acceptors (Lipinski definition) is 5. The van der Waals surface area contributed by atoms with Crippen molar-refractivity contribution in [3.8, 4) is 11.5 Å². The van der Waals surface area contributed by atoms with Crippen molar-refractivity contribution in [1.29, 1.82) is 0 Å². The summed E-state index contributed by atoms with van der Waals surface area (Å²) in [6.07, 6.45) is 6.98. The van der Waals surface area contributed by atoms with Gasteiger partial charge < -0.3 is 19.2 Å². The number of ether oxygens (including phenoxy) is 2. The summed E-state index contributed by atoms with van der Waals surface area (Å²) >= 11 is 0. The molecule has 4 aromatic rings. The maximum Gasteiger partial charge on any atom is 0.230 e. The summed E-state index contributed by atoms with van der Waals surface area (Å²) in [4.78, 5) is 12.8. The number of fused-ring (bicyclic) bond motifs is 2. The van der Waals surface area contributed by atoms with E-state index in [4.69, 9.17) is 13.9 Å². The SMILES string of the molecule is COc1ccc(Cn2nccc2NC(=O)Cc2coc3cc4c(cc23)CCC4)c(OC)c1. The maximum absolute atomic E-state index is 12.8. The first-order valence-electron chi connectivity index (χ1n) is 10.7. The van der Waals surface area contributed by atoms with Crippen molar-refractivity contribution in [1.82, 2.24) is 9.78 Å². The average Bonchev–Trinajstić information content (AvgIpc) is 3.53. The van der Waals surface area contributed by atoms with E-state index in [9.17, 15) is 4.79 Å². The van der Waals surface area contributed by atoms with Crippen LogP contribution in [0.4, 0.5) is 5.82 Å². The van der Waals surface area contributed by atoms with Crippen LogP contribution in [0.25, 0.3) is 11.0 Å². The van der Waals surface area contributed by atoms with Crippen LogP contribution in [-0.4, -0.2) is 29.9 Å². The molecule has 0 fully saturated rings. The molecule has 2 heterocycles. The van der Waals surface area contributed by atoms with E-state index in [2.05, 4.69) is 22.5 Å². The van der Waals surface area contributed by atoms with Crippen LogP contribution >= 0.6 is 0 Å². The van der Waals surface area contributed by atoms with Gasteiger partial charge in [-0.25, -0.2) is 4.68 Å². The zero-order chi connectivity index (χ0) is 22.1. The first kappa shape index (κ1) is 20.2. The van der Waals surface area contributed by atoms with Crippen LogP contribution in [0.3, 0.4) is 0 Å². The summed E-state index contributed by atoms with van der Waals surface area (Å²) in [6.45, 7) is 0.455. The highest BCUT2D eigenvalue weighted by molar-refractivity contribution is 5.95. The zero-order valence-corrected chi connectivity index (χ0v) is 18.2. The van der Waals surface area contributed by atoms with E-state index in [-0.39, 0.29) is 12.3 Å². The van der Waals surface area contributed by atoms with Crippen molar-refractivity contribution in [2.45, 2.75) is 32.2 Å². The van der Waals surface area contributed by atoms with E-state index >= 15 is 0 Å². The molecule has 164 valence electrons. The number of amides is 1. The van der Waals surface area contributed by atoms with Crippen LogP contribution in [0.1, 0.15) is 28.7 Å². The molecule has 7 nitrogen and oxygen atoms in total. The minimum Gasteiger partial charge on any atom is -0.497 e. The predicted octanol–water partition coefficient (Wildman–Crippen LogP) is 4.36. The predicted molar refractivity (Wildman–Crippen MR) is 121 cm³/mol. The monoisotopic (exact) mass is 431 g/mol. The number of carbonyl (C=O) groups is 1. The Morgan fingerprint density at radius 2 is 1.94 bits per heavy atom. The highest BCUT2D eigenvalue weighted by Gasteiger charge is 2.18. The van der Waals surface area contributed by atoms with Gasteiger partial charge in [-0.05, 0) is 54.7 Å². The van der Waals surface area contributed by atoms with Crippen LogP contribution in [0.2, 0.25) is 0 Å². The second-order valence-electron chi connectivity index (χ2n) is 8.01. The van der Waals surface area contributed by atoms with E-state index in [0.717, 1.165) is 40.7 Å². The second-order valence-corrected chi connectivity index (χ2v) is 8.01. The summed E-state index contributed by atoms with van der Waals surface area (Å²) in [5.41, 5.74) is 5.41. The molecule has 0 saturated carbocycles. The number of methoxy groups -OCH3 is 2. The number of nitrogens with one attached hydrogen (secondary N) is 1. The number of aromatic nitrogens is 2. The lowest BCUT2D eigenvalue weighted by molar-refractivity contribution is -0.115. The molecule has 0 unspecified atom stereocenters. The Labute approximate surface area is 185 Å². The van der Waals surface area contributed by atoms with Crippen molar-refractivity contribution < 1.29 is 18.7 Å². The average molecular weight is 431 g/mol. The van der Waals surface area contributed by atoms with Crippen molar-refractivity contribution in [2.24, 2.45) is 0 Å². The van der Waals surface area contributed by atoms with E-state index in [1.54, 1.807) is 37.4 Å². The van der Waals surface area contributed by atoms with Crippen LogP contribution in [-0.2, 0) is 30.6 Å². The summed E-state index contributed by atoms with van der Waals surface area (Å²) in [5, 5.41) is 8.37. The minimum absolute atomic E-state index is 0.114. The molecule has 0 spiro atoms. The molecule has 1 N–H and O–H groups in total. The molecule has 1 aliphatic carbocycles. The number of anilines is 1. The Balaban J connectivity index is 1.32. The topological polar surface area (TPSA) is 78.5 Å². The van der Waals surface area contributed by atoms with E-state index in [1.807, 2.05) is 18.2 Å². The van der Waals surface area contributed by atoms with E-state index in [1.165, 1.54) is 17.5 Å². The van der Waals surface area contributed by atoms with Gasteiger partial charge in [0, 0.05) is 28.6 Å². The maximum atomic E-state index is 12.8. The minimum atomic E-state index is -0.114. The highest BCUT2D eigenvalue weighted by Crippen LogP contribution is 2.31. The number of rotatable bonds is 7. The van der Waals surface area contributed by atoms with E-state index < -0.39 is 0 Å². The number of benzene rings is 2. The Morgan fingerprint density at radius 3 is 2.75 bits per heavy atom. The molecule has 2 aromatic heterocycles. The fourth-order valence-electron chi connectivity index (χ4n) is 4.35. The molecular formula is C25H25N3O4. The van der Waals surface area contributed by atoms with E-state index in [0.29, 0.717) is 18.1 Å². The lowest BCUT2D eigenvalue weighted by Gasteiger charge is -2.13. The number of furan rings is 1. The van der Waals surface area contributed by atoms with Gasteiger partial charge in [0.15, 0.2) is 0 Å². The molecule has 0 bridgehead atoms. The van der Waals surface area contributed by atoms with Crippen LogP contribution in [0, 0.1) is 0 Å². The largest absolute Gasteiger partial charge is 0.497 e. The third-order valence-corrected chi connectivity index (χ3v) is 6.02. The van der Waals surface area contributed by atoms with Gasteiger partial charge in [0.1, 0.15) is 22.9 Å². The van der Waals surface area contributed by atoms with Gasteiger partial charge in [0.05, 0.1) is 39.6 Å². The molecule has 1 amide bonds. The van der Waals surface area contributed by atoms with Gasteiger partial charge in [-0.2, -0.15) is 5.10 Å². The summed E-state index contributed by atoms with van der Waals surface area (Å²) < 4.78 is 18.2. The molecular weight excluding hydrogens is 406 g/mol. The van der Waals surface area contributed by atoms with Crippen molar-refractivity contribution in [3.05, 3.63) is 71.1 Å². The standard InChI is InChI=1S/C25H25N3O4/c1-30-20-7-6-18(22(13-20)31-2)14-28-24(8-9-26-28)27-25(29)12-19-15-32-23-11-17-5-3-4-16(17)10-21(19)23/h6-11,13,15H,3-5,12,14H2,1-2H3,(H,27,29). The van der Waals surface area contributed by atoms with Gasteiger partial charge in [-0.1, -0.05) is 0 Å². The first-order chi connectivity index (χ1) is 15.6. The molecule has 7 heteroatoms. The molecule has 0 saturated heterocycles. The Hall–Kier alpha value is -3.74. The number of hydrogen-bond donors (Lipinski definition) is 1. The molecule has 2 aromatic carbocycles. The lowest BCUT2D eigenvalue weighted by Crippen LogP contribution is -2.18. The van der Waals surface area contributed by atoms with Crippen LogP contribution < -0.4 is 14.8 Å². The van der Waals surface area contributed by atoms with Gasteiger partial charge in [0.25, 0.3) is 0 Å². The molecule has 0 atom stereocenters. The molecule has 1 aliphatic rings. The van der Waals surface area contributed by atoms with Gasteiger partial charge in [-0.15, -0.1) is 0 Å². The van der Waals surface area contributed by atoms with Crippen molar-refractivity contribution in [3.63, 3.8) is 0 Å². The normalized spacial score (nSPS) is 12.7. The first-order valence-corrected chi connectivity index (χ1v) is 10.7. The number of nitrogens with zero attached hydrogens (tertiary/aromatic N) is 2. The zero-order valence-electron chi connectivity index (χ0n) is 18.2. The highest BCUT2D eigenvalue weighted by atomic mass is 16.5. The molecule has 32 heavy (non-hydrogen) atoms. The van der Waals surface area contributed by atoms with Crippen LogP contribution in [0.5, 0.6) is 11.5 Å². The third-order valence-electron chi connectivity index (χ3n) is 6.02. The summed E-state index contributed by atoms with van der Waals surface area (Å²) in [6, 6.07) is 11.7. The fraction of sp³-hybridized carbons (Fsp3) is 0.280.